The Hall–Kier alpha value is -2.26. The van der Waals surface area contributed by atoms with E-state index in [4.69, 9.17) is 16.3 Å². The molecule has 1 N–H and O–H groups in total. The zero-order valence-electron chi connectivity index (χ0n) is 14.0. The average Bonchev–Trinajstić information content (AvgIpc) is 2.54. The lowest BCUT2D eigenvalue weighted by molar-refractivity contribution is -0.111. The number of anilines is 1. The monoisotopic (exact) mass is 343 g/mol. The molecule has 2 aromatic rings. The zero-order valence-corrected chi connectivity index (χ0v) is 14.7. The molecule has 4 heteroatoms. The van der Waals surface area contributed by atoms with Crippen LogP contribution in [0.15, 0.2) is 54.6 Å². The van der Waals surface area contributed by atoms with Crippen LogP contribution in [-0.2, 0) is 4.79 Å². The van der Waals surface area contributed by atoms with Gasteiger partial charge in [0.1, 0.15) is 5.75 Å². The van der Waals surface area contributed by atoms with E-state index >= 15 is 0 Å². The van der Waals surface area contributed by atoms with Crippen LogP contribution in [0, 0.1) is 5.92 Å². The molecule has 0 aliphatic rings. The van der Waals surface area contributed by atoms with Gasteiger partial charge in [0.2, 0.25) is 5.91 Å². The van der Waals surface area contributed by atoms with E-state index in [0.29, 0.717) is 23.2 Å². The van der Waals surface area contributed by atoms with Crippen molar-refractivity contribution in [2.45, 2.75) is 20.3 Å². The van der Waals surface area contributed by atoms with Crippen molar-refractivity contribution in [1.82, 2.24) is 0 Å². The van der Waals surface area contributed by atoms with E-state index in [0.717, 1.165) is 17.7 Å². The maximum absolute atomic E-state index is 12.0. The average molecular weight is 344 g/mol. The lowest BCUT2D eigenvalue weighted by atomic mass is 10.1. The Bertz CT molecular complexity index is 693. The number of benzene rings is 2. The lowest BCUT2D eigenvalue weighted by Crippen LogP contribution is -2.08. The molecule has 0 bridgehead atoms. The summed E-state index contributed by atoms with van der Waals surface area (Å²) in [5.41, 5.74) is 1.63. The molecule has 0 saturated carbocycles. The number of hydrogen-bond acceptors (Lipinski definition) is 2. The van der Waals surface area contributed by atoms with Crippen LogP contribution in [0.5, 0.6) is 5.75 Å². The van der Waals surface area contributed by atoms with Crippen LogP contribution >= 0.6 is 11.6 Å². The van der Waals surface area contributed by atoms with E-state index in [1.165, 1.54) is 6.08 Å². The van der Waals surface area contributed by atoms with Gasteiger partial charge in [-0.1, -0.05) is 43.6 Å². The molecular weight excluding hydrogens is 322 g/mol. The van der Waals surface area contributed by atoms with Crippen LogP contribution in [-0.4, -0.2) is 12.5 Å². The molecule has 0 heterocycles. The standard InChI is InChI=1S/C20H22ClNO2/c1-15(2)12-13-24-19-5-3-4-18(14-19)22-20(23)11-8-16-6-9-17(21)10-7-16/h3-11,14-15H,12-13H2,1-2H3,(H,22,23)/b11-8+. The van der Waals surface area contributed by atoms with Crippen molar-refractivity contribution in [3.05, 3.63) is 65.2 Å². The van der Waals surface area contributed by atoms with Crippen molar-refractivity contribution in [2.24, 2.45) is 5.92 Å². The summed E-state index contributed by atoms with van der Waals surface area (Å²) in [5.74, 6) is 1.17. The summed E-state index contributed by atoms with van der Waals surface area (Å²) in [6.45, 7) is 4.99. The summed E-state index contributed by atoms with van der Waals surface area (Å²) in [6, 6.07) is 14.7. The molecule has 0 aliphatic heterocycles. The van der Waals surface area contributed by atoms with Gasteiger partial charge in [0.25, 0.3) is 0 Å². The highest BCUT2D eigenvalue weighted by atomic mass is 35.5. The van der Waals surface area contributed by atoms with Crippen molar-refractivity contribution in [3.8, 4) is 5.75 Å². The number of nitrogens with one attached hydrogen (secondary N) is 1. The van der Waals surface area contributed by atoms with Crippen molar-refractivity contribution in [3.63, 3.8) is 0 Å². The molecule has 0 aliphatic carbocycles. The number of ether oxygens (including phenoxy) is 1. The van der Waals surface area contributed by atoms with Crippen LogP contribution in [0.3, 0.4) is 0 Å². The van der Waals surface area contributed by atoms with Gasteiger partial charge in [-0.2, -0.15) is 0 Å². The molecular formula is C20H22ClNO2. The first-order valence-electron chi connectivity index (χ1n) is 8.00. The summed E-state index contributed by atoms with van der Waals surface area (Å²) in [7, 11) is 0. The first-order valence-corrected chi connectivity index (χ1v) is 8.38. The Balaban J connectivity index is 1.90. The summed E-state index contributed by atoms with van der Waals surface area (Å²) >= 11 is 5.83. The van der Waals surface area contributed by atoms with Crippen molar-refractivity contribution in [1.29, 1.82) is 0 Å². The number of amides is 1. The molecule has 1 amide bonds. The molecule has 24 heavy (non-hydrogen) atoms. The Morgan fingerprint density at radius 1 is 1.21 bits per heavy atom. The largest absolute Gasteiger partial charge is 0.494 e. The summed E-state index contributed by atoms with van der Waals surface area (Å²) < 4.78 is 5.70. The van der Waals surface area contributed by atoms with Gasteiger partial charge in [0.05, 0.1) is 6.61 Å². The first-order chi connectivity index (χ1) is 11.5. The van der Waals surface area contributed by atoms with Gasteiger partial charge in [0, 0.05) is 22.9 Å². The third-order valence-electron chi connectivity index (χ3n) is 3.36. The maximum Gasteiger partial charge on any atom is 0.248 e. The fourth-order valence-corrected chi connectivity index (χ4v) is 2.13. The van der Waals surface area contributed by atoms with Gasteiger partial charge in [-0.3, -0.25) is 4.79 Å². The fourth-order valence-electron chi connectivity index (χ4n) is 2.01. The molecule has 0 aromatic heterocycles. The van der Waals surface area contributed by atoms with Gasteiger partial charge in [-0.25, -0.2) is 0 Å². The molecule has 2 rings (SSSR count). The SMILES string of the molecule is CC(C)CCOc1cccc(NC(=O)/C=C/c2ccc(Cl)cc2)c1. The van der Waals surface area contributed by atoms with Crippen LogP contribution in [0.4, 0.5) is 5.69 Å². The van der Waals surface area contributed by atoms with Gasteiger partial charge >= 0.3 is 0 Å². The first kappa shape index (κ1) is 18.1. The predicted octanol–water partition coefficient (Wildman–Crippen LogP) is 5.42. The van der Waals surface area contributed by atoms with E-state index in [2.05, 4.69) is 19.2 Å². The Morgan fingerprint density at radius 2 is 1.96 bits per heavy atom. The number of carbonyl (C=O) groups excluding carboxylic acids is 1. The molecule has 0 atom stereocenters. The van der Waals surface area contributed by atoms with E-state index < -0.39 is 0 Å². The quantitative estimate of drug-likeness (QED) is 0.682. The fraction of sp³-hybridized carbons (Fsp3) is 0.250. The number of halogens is 1. The minimum Gasteiger partial charge on any atom is -0.494 e. The molecule has 2 aromatic carbocycles. The Kier molecular flexibility index (Phi) is 6.89. The summed E-state index contributed by atoms with van der Waals surface area (Å²) in [5, 5.41) is 3.50. The van der Waals surface area contributed by atoms with Gasteiger partial charge < -0.3 is 10.1 Å². The Labute approximate surface area is 148 Å². The third-order valence-corrected chi connectivity index (χ3v) is 3.61. The zero-order chi connectivity index (χ0) is 17.4. The van der Waals surface area contributed by atoms with Gasteiger partial charge in [0.15, 0.2) is 0 Å². The number of rotatable bonds is 7. The topological polar surface area (TPSA) is 38.3 Å². The van der Waals surface area contributed by atoms with E-state index in [-0.39, 0.29) is 5.91 Å². The van der Waals surface area contributed by atoms with Gasteiger partial charge in [-0.15, -0.1) is 0 Å². The lowest BCUT2D eigenvalue weighted by Gasteiger charge is -2.09. The summed E-state index contributed by atoms with van der Waals surface area (Å²) in [6.07, 6.45) is 4.24. The molecule has 0 fully saturated rings. The molecule has 0 radical (unpaired) electrons. The minimum atomic E-state index is -0.190. The van der Waals surface area contributed by atoms with Crippen LogP contribution in [0.1, 0.15) is 25.8 Å². The second-order valence-electron chi connectivity index (χ2n) is 5.93. The van der Waals surface area contributed by atoms with Crippen LogP contribution < -0.4 is 10.1 Å². The van der Waals surface area contributed by atoms with Crippen LogP contribution in [0.2, 0.25) is 5.02 Å². The molecule has 126 valence electrons. The number of hydrogen-bond donors (Lipinski definition) is 1. The smallest absolute Gasteiger partial charge is 0.248 e. The Morgan fingerprint density at radius 3 is 2.67 bits per heavy atom. The highest BCUT2D eigenvalue weighted by Crippen LogP contribution is 2.18. The van der Waals surface area contributed by atoms with E-state index in [9.17, 15) is 4.79 Å². The molecule has 0 saturated heterocycles. The molecule has 0 unspecified atom stereocenters. The number of carbonyl (C=O) groups is 1. The normalized spacial score (nSPS) is 11.0. The van der Waals surface area contributed by atoms with Crippen molar-refractivity contribution < 1.29 is 9.53 Å². The minimum absolute atomic E-state index is 0.190. The van der Waals surface area contributed by atoms with Gasteiger partial charge in [-0.05, 0) is 48.2 Å². The van der Waals surface area contributed by atoms with E-state index in [1.807, 2.05) is 36.4 Å². The van der Waals surface area contributed by atoms with Crippen molar-refractivity contribution in [2.75, 3.05) is 11.9 Å². The second-order valence-corrected chi connectivity index (χ2v) is 6.37. The highest BCUT2D eigenvalue weighted by Gasteiger charge is 2.01. The van der Waals surface area contributed by atoms with Crippen LogP contribution in [0.25, 0.3) is 6.08 Å². The maximum atomic E-state index is 12.0. The third kappa shape index (κ3) is 6.47. The predicted molar refractivity (Wildman–Crippen MR) is 101 cm³/mol. The molecule has 0 spiro atoms. The van der Waals surface area contributed by atoms with Crippen molar-refractivity contribution >= 4 is 29.3 Å². The highest BCUT2D eigenvalue weighted by molar-refractivity contribution is 6.30. The second kappa shape index (κ2) is 9.14. The molecule has 3 nitrogen and oxygen atoms in total. The van der Waals surface area contributed by atoms with E-state index in [1.54, 1.807) is 18.2 Å². The summed E-state index contributed by atoms with van der Waals surface area (Å²) in [4.78, 5) is 12.0.